The van der Waals surface area contributed by atoms with Gasteiger partial charge < -0.3 is 10.8 Å². The van der Waals surface area contributed by atoms with Crippen molar-refractivity contribution in [3.05, 3.63) is 17.0 Å². The number of aromatic nitrogens is 2. The predicted molar refractivity (Wildman–Crippen MR) is 52.1 cm³/mol. The standard InChI is InChI=1S/C9H15N3O2/c1-5-8(6(2)12(3)11-5)7(4-10)9(13)14/h7H,4,10H2,1-3H3,(H,13,14). The van der Waals surface area contributed by atoms with Crippen LogP contribution in [0.25, 0.3) is 0 Å². The Balaban J connectivity index is 3.22. The van der Waals surface area contributed by atoms with Gasteiger partial charge in [0.1, 0.15) is 0 Å². The minimum Gasteiger partial charge on any atom is -0.481 e. The summed E-state index contributed by atoms with van der Waals surface area (Å²) in [5, 5.41) is 13.1. The molecule has 3 N–H and O–H groups in total. The molecule has 0 aromatic carbocycles. The highest BCUT2D eigenvalue weighted by Crippen LogP contribution is 2.22. The Morgan fingerprint density at radius 3 is 2.50 bits per heavy atom. The summed E-state index contributed by atoms with van der Waals surface area (Å²) in [5.74, 6) is -1.55. The molecule has 0 amide bonds. The van der Waals surface area contributed by atoms with Crippen molar-refractivity contribution < 1.29 is 9.90 Å². The number of nitrogens with two attached hydrogens (primary N) is 1. The van der Waals surface area contributed by atoms with E-state index in [1.807, 2.05) is 6.92 Å². The van der Waals surface area contributed by atoms with Crippen LogP contribution in [-0.2, 0) is 11.8 Å². The number of carboxylic acids is 1. The van der Waals surface area contributed by atoms with Crippen LogP contribution >= 0.6 is 0 Å². The van der Waals surface area contributed by atoms with Gasteiger partial charge in [0.05, 0.1) is 11.6 Å². The minimum absolute atomic E-state index is 0.0999. The minimum atomic E-state index is -0.897. The van der Waals surface area contributed by atoms with Crippen molar-refractivity contribution in [1.29, 1.82) is 0 Å². The maximum Gasteiger partial charge on any atom is 0.312 e. The van der Waals surface area contributed by atoms with Gasteiger partial charge in [-0.25, -0.2) is 0 Å². The first-order chi connectivity index (χ1) is 6.49. The van der Waals surface area contributed by atoms with Crippen LogP contribution < -0.4 is 5.73 Å². The van der Waals surface area contributed by atoms with E-state index in [1.165, 1.54) is 0 Å². The lowest BCUT2D eigenvalue weighted by atomic mass is 9.97. The van der Waals surface area contributed by atoms with Crippen molar-refractivity contribution in [3.8, 4) is 0 Å². The summed E-state index contributed by atoms with van der Waals surface area (Å²) in [6.45, 7) is 3.75. The van der Waals surface area contributed by atoms with Crippen LogP contribution in [0.5, 0.6) is 0 Å². The fourth-order valence-corrected chi connectivity index (χ4v) is 1.64. The largest absolute Gasteiger partial charge is 0.481 e. The van der Waals surface area contributed by atoms with Gasteiger partial charge in [-0.05, 0) is 13.8 Å². The molecule has 0 radical (unpaired) electrons. The zero-order valence-electron chi connectivity index (χ0n) is 8.61. The third kappa shape index (κ3) is 1.63. The van der Waals surface area contributed by atoms with Gasteiger partial charge in [0.15, 0.2) is 0 Å². The SMILES string of the molecule is Cc1nn(C)c(C)c1C(CN)C(=O)O. The lowest BCUT2D eigenvalue weighted by Crippen LogP contribution is -2.22. The lowest BCUT2D eigenvalue weighted by molar-refractivity contribution is -0.138. The van der Waals surface area contributed by atoms with Gasteiger partial charge in [-0.2, -0.15) is 5.10 Å². The van der Waals surface area contributed by atoms with Crippen LogP contribution in [0.2, 0.25) is 0 Å². The summed E-state index contributed by atoms with van der Waals surface area (Å²) in [5.41, 5.74) is 7.77. The molecule has 14 heavy (non-hydrogen) atoms. The van der Waals surface area contributed by atoms with E-state index in [-0.39, 0.29) is 6.54 Å². The second-order valence-corrected chi connectivity index (χ2v) is 3.33. The number of carboxylic acid groups (broad SMARTS) is 1. The molecule has 0 spiro atoms. The van der Waals surface area contributed by atoms with Crippen LogP contribution in [0.15, 0.2) is 0 Å². The lowest BCUT2D eigenvalue weighted by Gasteiger charge is -2.09. The summed E-state index contributed by atoms with van der Waals surface area (Å²) in [4.78, 5) is 10.9. The van der Waals surface area contributed by atoms with Gasteiger partial charge in [0.2, 0.25) is 0 Å². The van der Waals surface area contributed by atoms with E-state index in [0.29, 0.717) is 0 Å². The van der Waals surface area contributed by atoms with Crippen molar-refractivity contribution in [3.63, 3.8) is 0 Å². The fraction of sp³-hybridized carbons (Fsp3) is 0.556. The Hall–Kier alpha value is -1.36. The molecule has 0 bridgehead atoms. The first-order valence-electron chi connectivity index (χ1n) is 4.42. The molecule has 1 rings (SSSR count). The number of aryl methyl sites for hydroxylation is 2. The Kier molecular flexibility index (Phi) is 2.90. The van der Waals surface area contributed by atoms with Crippen molar-refractivity contribution in [2.75, 3.05) is 6.54 Å². The second kappa shape index (κ2) is 3.79. The van der Waals surface area contributed by atoms with E-state index in [0.717, 1.165) is 17.0 Å². The van der Waals surface area contributed by atoms with E-state index in [2.05, 4.69) is 5.10 Å². The first-order valence-corrected chi connectivity index (χ1v) is 4.42. The van der Waals surface area contributed by atoms with Gasteiger partial charge in [-0.15, -0.1) is 0 Å². The quantitative estimate of drug-likeness (QED) is 0.723. The van der Waals surface area contributed by atoms with Crippen LogP contribution in [0.3, 0.4) is 0 Å². The van der Waals surface area contributed by atoms with Gasteiger partial charge in [0, 0.05) is 24.8 Å². The highest BCUT2D eigenvalue weighted by atomic mass is 16.4. The zero-order valence-corrected chi connectivity index (χ0v) is 8.61. The van der Waals surface area contributed by atoms with Crippen molar-refractivity contribution in [2.45, 2.75) is 19.8 Å². The molecule has 5 heteroatoms. The number of aliphatic carboxylic acids is 1. The van der Waals surface area contributed by atoms with Gasteiger partial charge >= 0.3 is 5.97 Å². The van der Waals surface area contributed by atoms with Crippen LogP contribution in [0, 0.1) is 13.8 Å². The topological polar surface area (TPSA) is 81.1 Å². The highest BCUT2D eigenvalue weighted by molar-refractivity contribution is 5.77. The summed E-state index contributed by atoms with van der Waals surface area (Å²) in [6.07, 6.45) is 0. The summed E-state index contributed by atoms with van der Waals surface area (Å²) < 4.78 is 1.68. The molecular formula is C9H15N3O2. The summed E-state index contributed by atoms with van der Waals surface area (Å²) >= 11 is 0. The fourth-order valence-electron chi connectivity index (χ4n) is 1.64. The second-order valence-electron chi connectivity index (χ2n) is 3.33. The molecule has 0 aliphatic carbocycles. The molecule has 1 aromatic rings. The van der Waals surface area contributed by atoms with Crippen molar-refractivity contribution in [2.24, 2.45) is 12.8 Å². The van der Waals surface area contributed by atoms with Crippen LogP contribution in [-0.4, -0.2) is 27.4 Å². The van der Waals surface area contributed by atoms with Crippen LogP contribution in [0.4, 0.5) is 0 Å². The number of hydrogen-bond donors (Lipinski definition) is 2. The molecule has 78 valence electrons. The van der Waals surface area contributed by atoms with Gasteiger partial charge in [-0.3, -0.25) is 9.48 Å². The number of hydrogen-bond acceptors (Lipinski definition) is 3. The number of nitrogens with zero attached hydrogens (tertiary/aromatic N) is 2. The summed E-state index contributed by atoms with van der Waals surface area (Å²) in [7, 11) is 1.79. The molecule has 0 saturated heterocycles. The van der Waals surface area contributed by atoms with Gasteiger partial charge in [-0.1, -0.05) is 0 Å². The molecule has 5 nitrogen and oxygen atoms in total. The maximum atomic E-state index is 10.9. The number of carbonyl (C=O) groups is 1. The highest BCUT2D eigenvalue weighted by Gasteiger charge is 2.24. The predicted octanol–water partition coefficient (Wildman–Crippen LogP) is 0.164. The Morgan fingerprint density at radius 1 is 1.64 bits per heavy atom. The molecule has 0 saturated carbocycles. The monoisotopic (exact) mass is 197 g/mol. The van der Waals surface area contributed by atoms with E-state index >= 15 is 0 Å². The molecule has 0 fully saturated rings. The average Bonchev–Trinajstić information content (AvgIpc) is 2.32. The Bertz CT molecular complexity index is 357. The normalized spacial score (nSPS) is 12.9. The third-order valence-electron chi connectivity index (χ3n) is 2.45. The van der Waals surface area contributed by atoms with E-state index in [1.54, 1.807) is 18.7 Å². The smallest absolute Gasteiger partial charge is 0.312 e. The van der Waals surface area contributed by atoms with E-state index in [9.17, 15) is 4.79 Å². The maximum absolute atomic E-state index is 10.9. The van der Waals surface area contributed by atoms with E-state index < -0.39 is 11.9 Å². The molecule has 0 aliphatic rings. The Labute approximate surface area is 82.5 Å². The summed E-state index contributed by atoms with van der Waals surface area (Å²) in [6, 6.07) is 0. The van der Waals surface area contributed by atoms with Gasteiger partial charge in [0.25, 0.3) is 0 Å². The molecule has 1 heterocycles. The Morgan fingerprint density at radius 2 is 2.21 bits per heavy atom. The van der Waals surface area contributed by atoms with Crippen molar-refractivity contribution >= 4 is 5.97 Å². The third-order valence-corrected chi connectivity index (χ3v) is 2.45. The van der Waals surface area contributed by atoms with Crippen LogP contribution in [0.1, 0.15) is 22.9 Å². The van der Waals surface area contributed by atoms with E-state index in [4.69, 9.17) is 10.8 Å². The molecular weight excluding hydrogens is 182 g/mol. The molecule has 1 atom stereocenters. The first kappa shape index (κ1) is 10.7. The molecule has 0 aliphatic heterocycles. The molecule has 1 unspecified atom stereocenters. The molecule has 1 aromatic heterocycles. The van der Waals surface area contributed by atoms with Crippen molar-refractivity contribution in [1.82, 2.24) is 9.78 Å². The zero-order chi connectivity index (χ0) is 10.9. The number of rotatable bonds is 3. The average molecular weight is 197 g/mol.